The lowest BCUT2D eigenvalue weighted by atomic mass is 10.0. The van der Waals surface area contributed by atoms with Crippen LogP contribution in [0.5, 0.6) is 5.75 Å². The highest BCUT2D eigenvalue weighted by molar-refractivity contribution is 9.10. The molecule has 0 aliphatic carbocycles. The van der Waals surface area contributed by atoms with Crippen LogP contribution >= 0.6 is 15.9 Å². The summed E-state index contributed by atoms with van der Waals surface area (Å²) in [5, 5.41) is 0. The highest BCUT2D eigenvalue weighted by Gasteiger charge is 2.20. The first-order valence-corrected chi connectivity index (χ1v) is 6.98. The van der Waals surface area contributed by atoms with Crippen molar-refractivity contribution in [1.29, 1.82) is 0 Å². The Kier molecular flexibility index (Phi) is 5.01. The van der Waals surface area contributed by atoms with Crippen molar-refractivity contribution >= 4 is 15.9 Å². The molecule has 0 bridgehead atoms. The van der Waals surface area contributed by atoms with Crippen LogP contribution in [0, 0.1) is 0 Å². The maximum atomic E-state index is 5.77. The molecule has 1 heterocycles. The lowest BCUT2D eigenvalue weighted by Gasteiger charge is -2.19. The van der Waals surface area contributed by atoms with Gasteiger partial charge in [-0.25, -0.2) is 5.43 Å². The van der Waals surface area contributed by atoms with Crippen LogP contribution in [-0.4, -0.2) is 6.61 Å². The Hall–Kier alpha value is -1.30. The molecule has 0 aliphatic rings. The molecule has 19 heavy (non-hydrogen) atoms. The van der Waals surface area contributed by atoms with Crippen molar-refractivity contribution in [2.75, 3.05) is 6.61 Å². The molecule has 0 saturated carbocycles. The minimum absolute atomic E-state index is 0.179. The van der Waals surface area contributed by atoms with Gasteiger partial charge in [0.1, 0.15) is 5.75 Å². The van der Waals surface area contributed by atoms with Crippen molar-refractivity contribution in [2.45, 2.75) is 19.4 Å². The number of benzene rings is 1. The molecule has 1 aromatic heterocycles. The summed E-state index contributed by atoms with van der Waals surface area (Å²) in [6.45, 7) is 2.76. The Labute approximate surface area is 121 Å². The fraction of sp³-hybridized carbons (Fsp3) is 0.286. The normalized spacial score (nSPS) is 12.4. The van der Waals surface area contributed by atoms with E-state index >= 15 is 0 Å². The molecule has 0 saturated heterocycles. The summed E-state index contributed by atoms with van der Waals surface area (Å²) in [4.78, 5) is 0. The molecule has 3 N–H and O–H groups in total. The van der Waals surface area contributed by atoms with Crippen LogP contribution in [0.15, 0.2) is 45.7 Å². The van der Waals surface area contributed by atoms with Crippen LogP contribution in [0.1, 0.15) is 30.5 Å². The Balaban J connectivity index is 2.35. The van der Waals surface area contributed by atoms with E-state index in [4.69, 9.17) is 15.0 Å². The molecule has 0 radical (unpaired) electrons. The molecular weight excluding hydrogens is 308 g/mol. The number of para-hydroxylation sites is 1. The van der Waals surface area contributed by atoms with Crippen LogP contribution in [0.25, 0.3) is 0 Å². The topological polar surface area (TPSA) is 60.4 Å². The van der Waals surface area contributed by atoms with Gasteiger partial charge in [-0.05, 0) is 34.5 Å². The summed E-state index contributed by atoms with van der Waals surface area (Å²) in [7, 11) is 0. The van der Waals surface area contributed by atoms with Crippen LogP contribution in [0.2, 0.25) is 0 Å². The van der Waals surface area contributed by atoms with E-state index in [1.165, 1.54) is 0 Å². The number of nitrogens with one attached hydrogen (secondary N) is 1. The minimum Gasteiger partial charge on any atom is -0.493 e. The lowest BCUT2D eigenvalue weighted by Crippen LogP contribution is -2.29. The average Bonchev–Trinajstić information content (AvgIpc) is 2.85. The summed E-state index contributed by atoms with van der Waals surface area (Å²) in [6.07, 6.45) is 2.59. The van der Waals surface area contributed by atoms with E-state index in [9.17, 15) is 0 Å². The van der Waals surface area contributed by atoms with E-state index in [-0.39, 0.29) is 6.04 Å². The van der Waals surface area contributed by atoms with E-state index < -0.39 is 0 Å². The first-order chi connectivity index (χ1) is 9.27. The fourth-order valence-electron chi connectivity index (χ4n) is 1.92. The molecule has 2 aromatic rings. The minimum atomic E-state index is -0.179. The lowest BCUT2D eigenvalue weighted by molar-refractivity contribution is 0.311. The predicted molar refractivity (Wildman–Crippen MR) is 77.8 cm³/mol. The molecule has 1 atom stereocenters. The van der Waals surface area contributed by atoms with Crippen molar-refractivity contribution in [3.63, 3.8) is 0 Å². The summed E-state index contributed by atoms with van der Waals surface area (Å²) < 4.78 is 11.7. The van der Waals surface area contributed by atoms with Crippen molar-refractivity contribution < 1.29 is 9.15 Å². The third kappa shape index (κ3) is 3.18. The van der Waals surface area contributed by atoms with Gasteiger partial charge in [-0.3, -0.25) is 5.84 Å². The van der Waals surface area contributed by atoms with Crippen molar-refractivity contribution in [2.24, 2.45) is 5.84 Å². The Bertz CT molecular complexity index is 528. The van der Waals surface area contributed by atoms with Crippen molar-refractivity contribution in [1.82, 2.24) is 5.43 Å². The molecule has 0 aliphatic heterocycles. The zero-order valence-electron chi connectivity index (χ0n) is 10.7. The monoisotopic (exact) mass is 324 g/mol. The maximum absolute atomic E-state index is 5.77. The fourth-order valence-corrected chi connectivity index (χ4v) is 2.39. The summed E-state index contributed by atoms with van der Waals surface area (Å²) >= 11 is 3.38. The quantitative estimate of drug-likeness (QED) is 0.631. The van der Waals surface area contributed by atoms with E-state index in [1.807, 2.05) is 30.3 Å². The molecular formula is C14H17BrN2O2. The van der Waals surface area contributed by atoms with E-state index in [1.54, 1.807) is 6.26 Å². The van der Waals surface area contributed by atoms with E-state index in [0.29, 0.717) is 11.3 Å². The molecule has 1 aromatic carbocycles. The smallest absolute Gasteiger partial charge is 0.174 e. The predicted octanol–water partition coefficient (Wildman–Crippen LogP) is 3.38. The number of hydrogen-bond acceptors (Lipinski definition) is 4. The third-order valence-corrected chi connectivity index (χ3v) is 3.46. The molecule has 1 unspecified atom stereocenters. The molecule has 0 fully saturated rings. The standard InChI is InChI=1S/C14H17BrN2O2/c1-2-8-18-12-6-4-3-5-10(12)13(17-16)11-7-9-19-14(11)15/h3-7,9,13,17H,2,8,16H2,1H3. The van der Waals surface area contributed by atoms with Gasteiger partial charge >= 0.3 is 0 Å². The summed E-state index contributed by atoms with van der Waals surface area (Å²) in [6, 6.07) is 9.56. The SMILES string of the molecule is CCCOc1ccccc1C(NN)c1ccoc1Br. The van der Waals surface area contributed by atoms with Crippen molar-refractivity contribution in [3.8, 4) is 5.75 Å². The van der Waals surface area contributed by atoms with Gasteiger partial charge in [0.15, 0.2) is 4.67 Å². The number of hydrogen-bond donors (Lipinski definition) is 2. The second kappa shape index (κ2) is 6.75. The maximum Gasteiger partial charge on any atom is 0.174 e. The van der Waals surface area contributed by atoms with Gasteiger partial charge in [0.05, 0.1) is 18.9 Å². The van der Waals surface area contributed by atoms with Gasteiger partial charge in [0, 0.05) is 11.1 Å². The number of ether oxygens (including phenoxy) is 1. The molecule has 0 spiro atoms. The van der Waals surface area contributed by atoms with Crippen LogP contribution in [0.4, 0.5) is 0 Å². The molecule has 0 amide bonds. The molecule has 5 heteroatoms. The van der Waals surface area contributed by atoms with Gasteiger partial charge < -0.3 is 9.15 Å². The van der Waals surface area contributed by atoms with Gasteiger partial charge in [-0.1, -0.05) is 25.1 Å². The van der Waals surface area contributed by atoms with Gasteiger partial charge in [0.25, 0.3) is 0 Å². The Morgan fingerprint density at radius 2 is 2.11 bits per heavy atom. The van der Waals surface area contributed by atoms with Gasteiger partial charge in [-0.2, -0.15) is 0 Å². The Morgan fingerprint density at radius 1 is 1.32 bits per heavy atom. The average molecular weight is 325 g/mol. The second-order valence-electron chi connectivity index (χ2n) is 4.14. The van der Waals surface area contributed by atoms with Crippen LogP contribution < -0.4 is 16.0 Å². The number of hydrazine groups is 1. The Morgan fingerprint density at radius 3 is 2.74 bits per heavy atom. The molecule has 2 rings (SSSR count). The summed E-state index contributed by atoms with van der Waals surface area (Å²) in [5.74, 6) is 6.53. The first-order valence-electron chi connectivity index (χ1n) is 6.18. The first kappa shape index (κ1) is 14.1. The van der Waals surface area contributed by atoms with Gasteiger partial charge in [0.2, 0.25) is 0 Å². The molecule has 4 nitrogen and oxygen atoms in total. The van der Waals surface area contributed by atoms with E-state index in [2.05, 4.69) is 28.3 Å². The number of rotatable bonds is 6. The number of halogens is 1. The highest BCUT2D eigenvalue weighted by Crippen LogP contribution is 2.33. The van der Waals surface area contributed by atoms with Crippen molar-refractivity contribution in [3.05, 3.63) is 52.4 Å². The third-order valence-electron chi connectivity index (χ3n) is 2.82. The number of furan rings is 1. The second-order valence-corrected chi connectivity index (χ2v) is 4.86. The zero-order chi connectivity index (χ0) is 13.7. The highest BCUT2D eigenvalue weighted by atomic mass is 79.9. The zero-order valence-corrected chi connectivity index (χ0v) is 12.3. The van der Waals surface area contributed by atoms with Crippen LogP contribution in [0.3, 0.4) is 0 Å². The van der Waals surface area contributed by atoms with E-state index in [0.717, 1.165) is 23.3 Å². The van der Waals surface area contributed by atoms with Gasteiger partial charge in [-0.15, -0.1) is 0 Å². The number of nitrogens with two attached hydrogens (primary N) is 1. The molecule has 102 valence electrons. The summed E-state index contributed by atoms with van der Waals surface area (Å²) in [5.41, 5.74) is 4.73. The van der Waals surface area contributed by atoms with Crippen LogP contribution in [-0.2, 0) is 0 Å². The largest absolute Gasteiger partial charge is 0.493 e.